The van der Waals surface area contributed by atoms with Crippen LogP contribution in [0.1, 0.15) is 16.4 Å². The molecule has 3 rings (SSSR count). The number of carbonyl (C=O) groups is 1. The van der Waals surface area contributed by atoms with E-state index in [0.717, 1.165) is 22.3 Å². The Morgan fingerprint density at radius 2 is 1.62 bits per heavy atom. The lowest BCUT2D eigenvalue weighted by Gasteiger charge is -2.16. The van der Waals surface area contributed by atoms with Gasteiger partial charge in [-0.2, -0.15) is 11.8 Å². The highest BCUT2D eigenvalue weighted by atomic mass is 32.2. The molecule has 21 heavy (non-hydrogen) atoms. The Balaban J connectivity index is 2.09. The Labute approximate surface area is 128 Å². The van der Waals surface area contributed by atoms with Gasteiger partial charge in [0.2, 0.25) is 0 Å². The van der Waals surface area contributed by atoms with Crippen LogP contribution >= 0.6 is 11.8 Å². The minimum absolute atomic E-state index is 0.0106. The molecule has 1 aliphatic rings. The molecule has 0 radical (unpaired) electrons. The standard InChI is InChI=1S/C18H16O2S/c1-21-17(14-10-6-3-7-11-14)16-15(12-20-18(16)19)13-8-4-2-5-9-13/h2-11,17H,12H2,1H3/t17-/m0/s1. The molecular formula is C18H16O2S. The Hall–Kier alpha value is -2.00. The first-order valence-corrected chi connectivity index (χ1v) is 8.13. The van der Waals surface area contributed by atoms with Crippen molar-refractivity contribution in [2.24, 2.45) is 0 Å². The lowest BCUT2D eigenvalue weighted by Crippen LogP contribution is -2.07. The quantitative estimate of drug-likeness (QED) is 0.795. The Morgan fingerprint density at radius 1 is 1.00 bits per heavy atom. The molecule has 106 valence electrons. The van der Waals surface area contributed by atoms with Crippen molar-refractivity contribution in [2.45, 2.75) is 5.25 Å². The smallest absolute Gasteiger partial charge is 0.336 e. The van der Waals surface area contributed by atoms with E-state index >= 15 is 0 Å². The van der Waals surface area contributed by atoms with E-state index in [9.17, 15) is 4.79 Å². The van der Waals surface area contributed by atoms with Crippen LogP contribution in [0, 0.1) is 0 Å². The maximum atomic E-state index is 12.2. The predicted octanol–water partition coefficient (Wildman–Crippen LogP) is 4.10. The van der Waals surface area contributed by atoms with E-state index in [1.807, 2.05) is 54.8 Å². The summed E-state index contributed by atoms with van der Waals surface area (Å²) in [5.41, 5.74) is 3.98. The van der Waals surface area contributed by atoms with Gasteiger partial charge in [0.15, 0.2) is 0 Å². The van der Waals surface area contributed by atoms with E-state index < -0.39 is 0 Å². The van der Waals surface area contributed by atoms with Crippen molar-refractivity contribution in [3.05, 3.63) is 77.4 Å². The molecule has 1 atom stereocenters. The minimum Gasteiger partial charge on any atom is -0.457 e. The summed E-state index contributed by atoms with van der Waals surface area (Å²) in [7, 11) is 0. The van der Waals surface area contributed by atoms with Crippen LogP contribution in [0.5, 0.6) is 0 Å². The second-order valence-corrected chi connectivity index (χ2v) is 5.80. The molecule has 3 heteroatoms. The van der Waals surface area contributed by atoms with Crippen LogP contribution in [-0.4, -0.2) is 18.8 Å². The molecule has 2 aromatic carbocycles. The fourth-order valence-electron chi connectivity index (χ4n) is 2.61. The Morgan fingerprint density at radius 3 is 2.24 bits per heavy atom. The van der Waals surface area contributed by atoms with E-state index in [1.165, 1.54) is 0 Å². The number of hydrogen-bond acceptors (Lipinski definition) is 3. The maximum Gasteiger partial charge on any atom is 0.336 e. The molecule has 0 unspecified atom stereocenters. The summed E-state index contributed by atoms with van der Waals surface area (Å²) in [6.45, 7) is 0.363. The van der Waals surface area contributed by atoms with Crippen LogP contribution in [0.15, 0.2) is 66.2 Å². The lowest BCUT2D eigenvalue weighted by molar-refractivity contribution is -0.136. The van der Waals surface area contributed by atoms with Gasteiger partial charge < -0.3 is 4.74 Å². The van der Waals surface area contributed by atoms with Crippen LogP contribution in [-0.2, 0) is 9.53 Å². The maximum absolute atomic E-state index is 12.2. The van der Waals surface area contributed by atoms with Crippen LogP contribution < -0.4 is 0 Å². The topological polar surface area (TPSA) is 26.3 Å². The first kappa shape index (κ1) is 14.0. The summed E-state index contributed by atoms with van der Waals surface area (Å²) in [5, 5.41) is 0.0106. The molecule has 1 aliphatic heterocycles. The van der Waals surface area contributed by atoms with Gasteiger partial charge in [0.25, 0.3) is 0 Å². The summed E-state index contributed by atoms with van der Waals surface area (Å²) in [6, 6.07) is 20.1. The molecule has 1 heterocycles. The molecule has 0 saturated carbocycles. The third-order valence-corrected chi connectivity index (χ3v) is 4.59. The van der Waals surface area contributed by atoms with E-state index in [-0.39, 0.29) is 11.2 Å². The fraction of sp³-hybridized carbons (Fsp3) is 0.167. The molecule has 0 amide bonds. The number of thioether (sulfide) groups is 1. The van der Waals surface area contributed by atoms with Gasteiger partial charge in [-0.1, -0.05) is 60.7 Å². The van der Waals surface area contributed by atoms with Crippen molar-refractivity contribution in [1.29, 1.82) is 0 Å². The summed E-state index contributed by atoms with van der Waals surface area (Å²) in [6.07, 6.45) is 2.03. The number of esters is 1. The predicted molar refractivity (Wildman–Crippen MR) is 87.0 cm³/mol. The van der Waals surface area contributed by atoms with Crippen molar-refractivity contribution in [1.82, 2.24) is 0 Å². The van der Waals surface area contributed by atoms with Gasteiger partial charge in [-0.25, -0.2) is 4.79 Å². The van der Waals surface area contributed by atoms with Crippen molar-refractivity contribution in [2.75, 3.05) is 12.9 Å². The third kappa shape index (κ3) is 2.74. The molecule has 2 nitrogen and oxygen atoms in total. The molecule has 0 N–H and O–H groups in total. The van der Waals surface area contributed by atoms with Crippen molar-refractivity contribution >= 4 is 23.3 Å². The summed E-state index contributed by atoms with van der Waals surface area (Å²) in [4.78, 5) is 12.2. The van der Waals surface area contributed by atoms with Gasteiger partial charge in [0.1, 0.15) is 6.61 Å². The third-order valence-electron chi connectivity index (χ3n) is 3.62. The Kier molecular flexibility index (Phi) is 4.11. The first-order valence-electron chi connectivity index (χ1n) is 6.84. The minimum atomic E-state index is -0.197. The number of rotatable bonds is 4. The number of hydrogen-bond donors (Lipinski definition) is 0. The molecule has 0 saturated heterocycles. The largest absolute Gasteiger partial charge is 0.457 e. The molecule has 2 aromatic rings. The van der Waals surface area contributed by atoms with Crippen LogP contribution in [0.2, 0.25) is 0 Å². The Bertz CT molecular complexity index is 662. The first-order chi connectivity index (χ1) is 10.3. The van der Waals surface area contributed by atoms with Gasteiger partial charge >= 0.3 is 5.97 Å². The van der Waals surface area contributed by atoms with E-state index in [2.05, 4.69) is 12.1 Å². The number of benzene rings is 2. The second-order valence-electron chi connectivity index (χ2n) is 4.86. The van der Waals surface area contributed by atoms with Crippen LogP contribution in [0.3, 0.4) is 0 Å². The average molecular weight is 296 g/mol. The molecule has 0 fully saturated rings. The second kappa shape index (κ2) is 6.19. The summed E-state index contributed by atoms with van der Waals surface area (Å²) in [5.74, 6) is -0.197. The van der Waals surface area contributed by atoms with Gasteiger partial charge in [0.05, 0.1) is 10.8 Å². The van der Waals surface area contributed by atoms with Gasteiger partial charge in [-0.15, -0.1) is 0 Å². The summed E-state index contributed by atoms with van der Waals surface area (Å²) < 4.78 is 5.31. The van der Waals surface area contributed by atoms with Crippen LogP contribution in [0.4, 0.5) is 0 Å². The number of cyclic esters (lactones) is 1. The van der Waals surface area contributed by atoms with Crippen molar-refractivity contribution in [3.8, 4) is 0 Å². The highest BCUT2D eigenvalue weighted by Gasteiger charge is 2.32. The fourth-order valence-corrected chi connectivity index (χ4v) is 3.51. The van der Waals surface area contributed by atoms with E-state index in [0.29, 0.717) is 6.61 Å². The highest BCUT2D eigenvalue weighted by molar-refractivity contribution is 7.99. The van der Waals surface area contributed by atoms with E-state index in [1.54, 1.807) is 11.8 Å². The average Bonchev–Trinajstić information content (AvgIpc) is 2.92. The molecular weight excluding hydrogens is 280 g/mol. The molecule has 0 bridgehead atoms. The van der Waals surface area contributed by atoms with Gasteiger partial charge in [0, 0.05) is 5.57 Å². The zero-order valence-corrected chi connectivity index (χ0v) is 12.6. The normalized spacial score (nSPS) is 16.0. The monoisotopic (exact) mass is 296 g/mol. The molecule has 0 aliphatic carbocycles. The lowest BCUT2D eigenvalue weighted by atomic mass is 9.96. The van der Waals surface area contributed by atoms with Crippen molar-refractivity contribution < 1.29 is 9.53 Å². The molecule has 0 spiro atoms. The zero-order chi connectivity index (χ0) is 14.7. The zero-order valence-electron chi connectivity index (χ0n) is 11.8. The molecule has 0 aromatic heterocycles. The summed E-state index contributed by atoms with van der Waals surface area (Å²) >= 11 is 1.66. The van der Waals surface area contributed by atoms with Crippen LogP contribution in [0.25, 0.3) is 5.57 Å². The highest BCUT2D eigenvalue weighted by Crippen LogP contribution is 2.41. The SMILES string of the molecule is CS[C@H](C1=C(c2ccccc2)COC1=O)c1ccccc1. The van der Waals surface area contributed by atoms with Gasteiger partial charge in [-0.05, 0) is 17.4 Å². The number of ether oxygens (including phenoxy) is 1. The van der Waals surface area contributed by atoms with E-state index in [4.69, 9.17) is 4.74 Å². The van der Waals surface area contributed by atoms with Crippen molar-refractivity contribution in [3.63, 3.8) is 0 Å². The number of carbonyl (C=O) groups excluding carboxylic acids is 1. The van der Waals surface area contributed by atoms with Gasteiger partial charge in [-0.3, -0.25) is 0 Å².